The summed E-state index contributed by atoms with van der Waals surface area (Å²) in [5.74, 6) is 0. The fourth-order valence-corrected chi connectivity index (χ4v) is 1.62. The molecule has 0 saturated heterocycles. The third-order valence-corrected chi connectivity index (χ3v) is 2.33. The van der Waals surface area contributed by atoms with Crippen LogP contribution in [0.4, 0.5) is 5.69 Å². The maximum atomic E-state index is 11.1. The Labute approximate surface area is 82.7 Å². The van der Waals surface area contributed by atoms with Crippen LogP contribution in [-0.4, -0.2) is 4.98 Å². The van der Waals surface area contributed by atoms with Crippen molar-refractivity contribution in [3.8, 4) is 0 Å². The van der Waals surface area contributed by atoms with Crippen molar-refractivity contribution in [2.45, 2.75) is 0 Å². The first kappa shape index (κ1) is 8.31. The van der Waals surface area contributed by atoms with Crippen LogP contribution in [0.15, 0.2) is 33.5 Å². The van der Waals surface area contributed by atoms with Gasteiger partial charge in [-0.1, -0.05) is 15.9 Å². The molecule has 0 spiro atoms. The Hall–Kier alpha value is -1.29. The molecule has 0 radical (unpaired) electrons. The fourth-order valence-electron chi connectivity index (χ4n) is 1.26. The highest BCUT2D eigenvalue weighted by Crippen LogP contribution is 2.20. The number of aromatic amines is 1. The summed E-state index contributed by atoms with van der Waals surface area (Å²) in [6, 6.07) is 6.96. The molecule has 0 atom stereocenters. The van der Waals surface area contributed by atoms with Crippen LogP contribution in [0.1, 0.15) is 0 Å². The highest BCUT2D eigenvalue weighted by Gasteiger charge is 1.99. The maximum absolute atomic E-state index is 11.1. The predicted octanol–water partition coefficient (Wildman–Crippen LogP) is 1.87. The van der Waals surface area contributed by atoms with Crippen LogP contribution in [0.5, 0.6) is 0 Å². The Morgan fingerprint density at radius 3 is 2.85 bits per heavy atom. The minimum absolute atomic E-state index is 0.178. The molecule has 2 rings (SSSR count). The molecule has 0 aliphatic rings. The number of aromatic nitrogens is 1. The Morgan fingerprint density at radius 2 is 2.08 bits per heavy atom. The van der Waals surface area contributed by atoms with Crippen molar-refractivity contribution in [1.29, 1.82) is 0 Å². The number of nitrogen functional groups attached to an aromatic ring is 1. The smallest absolute Gasteiger partial charge is 0.250 e. The number of fused-ring (bicyclic) bond motifs is 1. The van der Waals surface area contributed by atoms with E-state index in [1.807, 2.05) is 18.2 Å². The minimum Gasteiger partial charge on any atom is -0.398 e. The molecule has 1 aromatic carbocycles. The second-order valence-electron chi connectivity index (χ2n) is 2.78. The minimum atomic E-state index is -0.178. The molecule has 0 aliphatic heterocycles. The molecule has 1 aromatic heterocycles. The lowest BCUT2D eigenvalue weighted by Gasteiger charge is -2.00. The number of rotatable bonds is 0. The largest absolute Gasteiger partial charge is 0.398 e. The number of hydrogen-bond donors (Lipinski definition) is 2. The predicted molar refractivity (Wildman–Crippen MR) is 56.7 cm³/mol. The molecule has 1 heterocycles. The molecule has 2 aromatic rings. The molecule has 0 saturated carbocycles. The number of H-pyrrole nitrogens is 1. The van der Waals surface area contributed by atoms with Crippen molar-refractivity contribution in [1.82, 2.24) is 4.98 Å². The number of hydrogen-bond acceptors (Lipinski definition) is 2. The van der Waals surface area contributed by atoms with Gasteiger partial charge in [-0.05, 0) is 18.2 Å². The summed E-state index contributed by atoms with van der Waals surface area (Å²) in [6.45, 7) is 0. The van der Waals surface area contributed by atoms with E-state index in [4.69, 9.17) is 5.73 Å². The van der Waals surface area contributed by atoms with Crippen LogP contribution in [0, 0.1) is 0 Å². The van der Waals surface area contributed by atoms with Crippen molar-refractivity contribution in [3.63, 3.8) is 0 Å². The standard InChI is InChI=1S/C9H7BrN2O/c10-5-1-2-6-7(11)4-9(13)12-8(6)3-5/h1-4H,(H3,11,12,13). The summed E-state index contributed by atoms with van der Waals surface area (Å²) in [7, 11) is 0. The van der Waals surface area contributed by atoms with Gasteiger partial charge >= 0.3 is 0 Å². The van der Waals surface area contributed by atoms with Crippen molar-refractivity contribution >= 4 is 32.5 Å². The van der Waals surface area contributed by atoms with E-state index in [1.165, 1.54) is 6.07 Å². The van der Waals surface area contributed by atoms with Gasteiger partial charge in [-0.15, -0.1) is 0 Å². The quantitative estimate of drug-likeness (QED) is 0.737. The zero-order valence-electron chi connectivity index (χ0n) is 6.67. The Balaban J connectivity index is 2.94. The Bertz CT molecular complexity index is 518. The van der Waals surface area contributed by atoms with E-state index in [9.17, 15) is 4.79 Å². The summed E-state index contributed by atoms with van der Waals surface area (Å²) >= 11 is 3.32. The van der Waals surface area contributed by atoms with Crippen molar-refractivity contribution in [2.24, 2.45) is 0 Å². The summed E-state index contributed by atoms with van der Waals surface area (Å²) in [6.07, 6.45) is 0. The SMILES string of the molecule is Nc1cc(=O)[nH]c2cc(Br)ccc12. The molecule has 4 heteroatoms. The van der Waals surface area contributed by atoms with Gasteiger partial charge in [-0.3, -0.25) is 4.79 Å². The molecule has 0 aliphatic carbocycles. The average molecular weight is 239 g/mol. The first-order chi connectivity index (χ1) is 6.16. The van der Waals surface area contributed by atoms with Gasteiger partial charge in [0.15, 0.2) is 0 Å². The van der Waals surface area contributed by atoms with E-state index < -0.39 is 0 Å². The van der Waals surface area contributed by atoms with Gasteiger partial charge in [0.2, 0.25) is 5.56 Å². The number of nitrogens with two attached hydrogens (primary N) is 1. The van der Waals surface area contributed by atoms with Crippen LogP contribution in [-0.2, 0) is 0 Å². The van der Waals surface area contributed by atoms with Gasteiger partial charge in [-0.25, -0.2) is 0 Å². The normalized spacial score (nSPS) is 10.5. The molecule has 66 valence electrons. The molecule has 0 bridgehead atoms. The lowest BCUT2D eigenvalue weighted by Crippen LogP contribution is -2.05. The Kier molecular flexibility index (Phi) is 1.84. The lowest BCUT2D eigenvalue weighted by atomic mass is 10.2. The van der Waals surface area contributed by atoms with Gasteiger partial charge in [0.25, 0.3) is 0 Å². The summed E-state index contributed by atoms with van der Waals surface area (Å²) in [5, 5.41) is 0.864. The van der Waals surface area contributed by atoms with E-state index >= 15 is 0 Å². The molecule has 0 fully saturated rings. The first-order valence-electron chi connectivity index (χ1n) is 3.75. The summed E-state index contributed by atoms with van der Waals surface area (Å²) in [5.41, 5.74) is 6.75. The summed E-state index contributed by atoms with van der Waals surface area (Å²) < 4.78 is 0.918. The molecule has 0 unspecified atom stereocenters. The highest BCUT2D eigenvalue weighted by atomic mass is 79.9. The molecular formula is C9H7BrN2O. The zero-order chi connectivity index (χ0) is 9.42. The summed E-state index contributed by atoms with van der Waals surface area (Å²) in [4.78, 5) is 13.8. The molecule has 0 amide bonds. The lowest BCUT2D eigenvalue weighted by molar-refractivity contribution is 1.31. The second kappa shape index (κ2) is 2.88. The van der Waals surface area contributed by atoms with Crippen LogP contribution in [0.25, 0.3) is 10.9 Å². The van der Waals surface area contributed by atoms with Crippen LogP contribution in [0.2, 0.25) is 0 Å². The monoisotopic (exact) mass is 238 g/mol. The van der Waals surface area contributed by atoms with Gasteiger partial charge < -0.3 is 10.7 Å². The maximum Gasteiger partial charge on any atom is 0.250 e. The first-order valence-corrected chi connectivity index (χ1v) is 4.54. The number of pyridine rings is 1. The Morgan fingerprint density at radius 1 is 1.31 bits per heavy atom. The van der Waals surface area contributed by atoms with E-state index in [2.05, 4.69) is 20.9 Å². The van der Waals surface area contributed by atoms with Gasteiger partial charge in [0.05, 0.1) is 5.52 Å². The number of halogens is 1. The third-order valence-electron chi connectivity index (χ3n) is 1.84. The second-order valence-corrected chi connectivity index (χ2v) is 3.69. The third kappa shape index (κ3) is 1.45. The van der Waals surface area contributed by atoms with E-state index in [0.29, 0.717) is 5.69 Å². The van der Waals surface area contributed by atoms with Gasteiger partial charge in [0, 0.05) is 21.6 Å². The number of nitrogens with one attached hydrogen (secondary N) is 1. The van der Waals surface area contributed by atoms with Gasteiger partial charge in [0.1, 0.15) is 0 Å². The number of anilines is 1. The van der Waals surface area contributed by atoms with Crippen molar-refractivity contribution in [3.05, 3.63) is 39.1 Å². The van der Waals surface area contributed by atoms with E-state index in [-0.39, 0.29) is 5.56 Å². The van der Waals surface area contributed by atoms with Crippen molar-refractivity contribution in [2.75, 3.05) is 5.73 Å². The van der Waals surface area contributed by atoms with Crippen LogP contribution >= 0.6 is 15.9 Å². The van der Waals surface area contributed by atoms with E-state index in [1.54, 1.807) is 0 Å². The topological polar surface area (TPSA) is 58.9 Å². The highest BCUT2D eigenvalue weighted by molar-refractivity contribution is 9.10. The molecule has 3 N–H and O–H groups in total. The number of benzene rings is 1. The zero-order valence-corrected chi connectivity index (χ0v) is 8.26. The van der Waals surface area contributed by atoms with Crippen LogP contribution in [0.3, 0.4) is 0 Å². The van der Waals surface area contributed by atoms with Crippen molar-refractivity contribution < 1.29 is 0 Å². The van der Waals surface area contributed by atoms with Gasteiger partial charge in [-0.2, -0.15) is 0 Å². The molecular weight excluding hydrogens is 232 g/mol. The fraction of sp³-hybridized carbons (Fsp3) is 0. The average Bonchev–Trinajstić information content (AvgIpc) is 2.02. The molecule has 13 heavy (non-hydrogen) atoms. The molecule has 3 nitrogen and oxygen atoms in total. The van der Waals surface area contributed by atoms with E-state index in [0.717, 1.165) is 15.4 Å². The van der Waals surface area contributed by atoms with Crippen LogP contribution < -0.4 is 11.3 Å².